The standard InChI is InChI=1S/C19H25ClN2O/c1-12-2-3-16(20)7-17(12)22-18(23)11-21-19-8-13-4-14(9-19)6-15(5-13)10-19/h2-3,7,13-15,21H,4-6,8-11H2,1H3,(H,22,23). The number of halogens is 1. The predicted molar refractivity (Wildman–Crippen MR) is 93.7 cm³/mol. The summed E-state index contributed by atoms with van der Waals surface area (Å²) >= 11 is 6.02. The van der Waals surface area contributed by atoms with Gasteiger partial charge in [0.15, 0.2) is 0 Å². The van der Waals surface area contributed by atoms with Gasteiger partial charge in [0, 0.05) is 16.2 Å². The van der Waals surface area contributed by atoms with Crippen molar-refractivity contribution in [3.05, 3.63) is 28.8 Å². The van der Waals surface area contributed by atoms with Gasteiger partial charge in [-0.3, -0.25) is 4.79 Å². The average molecular weight is 333 g/mol. The van der Waals surface area contributed by atoms with Crippen molar-refractivity contribution in [2.75, 3.05) is 11.9 Å². The Hall–Kier alpha value is -1.06. The van der Waals surface area contributed by atoms with Crippen LogP contribution in [0.4, 0.5) is 5.69 Å². The zero-order chi connectivity index (χ0) is 16.0. The molecule has 0 aromatic heterocycles. The maximum Gasteiger partial charge on any atom is 0.238 e. The maximum absolute atomic E-state index is 12.4. The summed E-state index contributed by atoms with van der Waals surface area (Å²) < 4.78 is 0. The first-order valence-corrected chi connectivity index (χ1v) is 9.20. The summed E-state index contributed by atoms with van der Waals surface area (Å²) in [4.78, 5) is 12.4. The van der Waals surface area contributed by atoms with Gasteiger partial charge in [-0.15, -0.1) is 0 Å². The monoisotopic (exact) mass is 332 g/mol. The first-order valence-electron chi connectivity index (χ1n) is 8.82. The lowest BCUT2D eigenvalue weighted by Crippen LogP contribution is -2.59. The number of benzene rings is 1. The van der Waals surface area contributed by atoms with Crippen LogP contribution >= 0.6 is 11.6 Å². The number of carbonyl (C=O) groups excluding carboxylic acids is 1. The maximum atomic E-state index is 12.4. The van der Waals surface area contributed by atoms with Crippen molar-refractivity contribution in [3.63, 3.8) is 0 Å². The van der Waals surface area contributed by atoms with E-state index in [1.165, 1.54) is 38.5 Å². The fraction of sp³-hybridized carbons (Fsp3) is 0.632. The third-order valence-corrected chi connectivity index (χ3v) is 6.37. The lowest BCUT2D eigenvalue weighted by atomic mass is 9.53. The van der Waals surface area contributed by atoms with Crippen LogP contribution in [0.1, 0.15) is 44.1 Å². The zero-order valence-corrected chi connectivity index (χ0v) is 14.5. The minimum Gasteiger partial charge on any atom is -0.325 e. The number of anilines is 1. The first kappa shape index (κ1) is 15.5. The molecule has 0 radical (unpaired) electrons. The van der Waals surface area contributed by atoms with Gasteiger partial charge in [-0.25, -0.2) is 0 Å². The van der Waals surface area contributed by atoms with Crippen molar-refractivity contribution in [1.29, 1.82) is 0 Å². The molecule has 1 aromatic carbocycles. The Labute approximate surface area is 143 Å². The summed E-state index contributed by atoms with van der Waals surface area (Å²) in [6.07, 6.45) is 8.08. The largest absolute Gasteiger partial charge is 0.325 e. The highest BCUT2D eigenvalue weighted by atomic mass is 35.5. The van der Waals surface area contributed by atoms with Crippen LogP contribution in [0.15, 0.2) is 18.2 Å². The van der Waals surface area contributed by atoms with Crippen LogP contribution in [0.2, 0.25) is 5.02 Å². The molecule has 1 aromatic rings. The van der Waals surface area contributed by atoms with Crippen molar-refractivity contribution in [1.82, 2.24) is 5.32 Å². The van der Waals surface area contributed by atoms with E-state index >= 15 is 0 Å². The van der Waals surface area contributed by atoms with Gasteiger partial charge in [-0.05, 0) is 80.9 Å². The average Bonchev–Trinajstić information content (AvgIpc) is 2.48. The highest BCUT2D eigenvalue weighted by Crippen LogP contribution is 2.55. The van der Waals surface area contributed by atoms with E-state index < -0.39 is 0 Å². The Bertz CT molecular complexity index is 593. The Balaban J connectivity index is 1.37. The van der Waals surface area contributed by atoms with E-state index in [0.29, 0.717) is 11.6 Å². The van der Waals surface area contributed by atoms with Crippen molar-refractivity contribution < 1.29 is 4.79 Å². The second-order valence-electron chi connectivity index (χ2n) is 8.06. The highest BCUT2D eigenvalue weighted by molar-refractivity contribution is 6.31. The number of amides is 1. The second kappa shape index (κ2) is 5.78. The number of hydrogen-bond donors (Lipinski definition) is 2. The number of nitrogens with one attached hydrogen (secondary N) is 2. The fourth-order valence-electron chi connectivity index (χ4n) is 5.52. The van der Waals surface area contributed by atoms with E-state index in [1.807, 2.05) is 25.1 Å². The van der Waals surface area contributed by atoms with Crippen LogP contribution in [0, 0.1) is 24.7 Å². The van der Waals surface area contributed by atoms with E-state index in [1.54, 1.807) is 0 Å². The number of rotatable bonds is 4. The van der Waals surface area contributed by atoms with Crippen LogP contribution in [-0.4, -0.2) is 18.0 Å². The summed E-state index contributed by atoms with van der Waals surface area (Å²) in [5.74, 6) is 2.72. The molecule has 5 rings (SSSR count). The van der Waals surface area contributed by atoms with Crippen molar-refractivity contribution >= 4 is 23.2 Å². The Morgan fingerprint density at radius 1 is 1.17 bits per heavy atom. The lowest BCUT2D eigenvalue weighted by molar-refractivity contribution is -0.116. The zero-order valence-electron chi connectivity index (χ0n) is 13.7. The summed E-state index contributed by atoms with van der Waals surface area (Å²) in [5, 5.41) is 7.29. The highest BCUT2D eigenvalue weighted by Gasteiger charge is 2.50. The molecule has 0 atom stereocenters. The Morgan fingerprint density at radius 3 is 2.39 bits per heavy atom. The summed E-state index contributed by atoms with van der Waals surface area (Å²) in [7, 11) is 0. The Morgan fingerprint density at radius 2 is 1.78 bits per heavy atom. The van der Waals surface area contributed by atoms with Gasteiger partial charge in [-0.2, -0.15) is 0 Å². The van der Waals surface area contributed by atoms with Gasteiger partial charge in [0.05, 0.1) is 6.54 Å². The van der Waals surface area contributed by atoms with E-state index in [-0.39, 0.29) is 11.4 Å². The summed E-state index contributed by atoms with van der Waals surface area (Å²) in [6, 6.07) is 5.60. The van der Waals surface area contributed by atoms with E-state index in [4.69, 9.17) is 11.6 Å². The second-order valence-corrected chi connectivity index (χ2v) is 8.50. The molecule has 124 valence electrons. The van der Waals surface area contributed by atoms with E-state index in [0.717, 1.165) is 29.0 Å². The molecule has 4 saturated carbocycles. The van der Waals surface area contributed by atoms with E-state index in [2.05, 4.69) is 10.6 Å². The fourth-order valence-corrected chi connectivity index (χ4v) is 5.69. The third kappa shape index (κ3) is 3.14. The van der Waals surface area contributed by atoms with Gasteiger partial charge >= 0.3 is 0 Å². The predicted octanol–water partition coefficient (Wildman–Crippen LogP) is 4.15. The summed E-state index contributed by atoms with van der Waals surface area (Å²) in [5.41, 5.74) is 2.09. The minimum absolute atomic E-state index is 0.0334. The molecular formula is C19H25ClN2O. The SMILES string of the molecule is Cc1ccc(Cl)cc1NC(=O)CNC12CC3CC(CC(C3)C1)C2. The molecule has 2 N–H and O–H groups in total. The molecule has 4 fully saturated rings. The van der Waals surface area contributed by atoms with Crippen LogP contribution in [0.5, 0.6) is 0 Å². The molecular weight excluding hydrogens is 308 g/mol. The topological polar surface area (TPSA) is 41.1 Å². The molecule has 0 saturated heterocycles. The van der Waals surface area contributed by atoms with Gasteiger partial charge < -0.3 is 10.6 Å². The molecule has 23 heavy (non-hydrogen) atoms. The van der Waals surface area contributed by atoms with Gasteiger partial charge in [0.2, 0.25) is 5.91 Å². The first-order chi connectivity index (χ1) is 11.0. The van der Waals surface area contributed by atoms with Crippen LogP contribution in [-0.2, 0) is 4.79 Å². The molecule has 1 amide bonds. The minimum atomic E-state index is 0.0334. The lowest BCUT2D eigenvalue weighted by Gasteiger charge is -2.57. The van der Waals surface area contributed by atoms with E-state index in [9.17, 15) is 4.79 Å². The quantitative estimate of drug-likeness (QED) is 0.869. The normalized spacial score (nSPS) is 34.6. The van der Waals surface area contributed by atoms with Crippen LogP contribution in [0.25, 0.3) is 0 Å². The van der Waals surface area contributed by atoms with Crippen molar-refractivity contribution in [3.8, 4) is 0 Å². The molecule has 0 unspecified atom stereocenters. The van der Waals surface area contributed by atoms with Crippen molar-refractivity contribution in [2.24, 2.45) is 17.8 Å². The number of hydrogen-bond acceptors (Lipinski definition) is 2. The van der Waals surface area contributed by atoms with Crippen LogP contribution < -0.4 is 10.6 Å². The van der Waals surface area contributed by atoms with Crippen LogP contribution in [0.3, 0.4) is 0 Å². The molecule has 0 heterocycles. The van der Waals surface area contributed by atoms with Gasteiger partial charge in [0.25, 0.3) is 0 Å². The molecule has 4 bridgehead atoms. The molecule has 3 nitrogen and oxygen atoms in total. The van der Waals surface area contributed by atoms with Gasteiger partial charge in [0.1, 0.15) is 0 Å². The molecule has 0 aliphatic heterocycles. The molecule has 4 aliphatic carbocycles. The van der Waals surface area contributed by atoms with Gasteiger partial charge in [-0.1, -0.05) is 17.7 Å². The smallest absolute Gasteiger partial charge is 0.238 e. The number of aryl methyl sites for hydroxylation is 1. The molecule has 0 spiro atoms. The third-order valence-electron chi connectivity index (χ3n) is 6.14. The molecule has 4 aliphatic rings. The van der Waals surface area contributed by atoms with Crippen molar-refractivity contribution in [2.45, 2.75) is 51.0 Å². The number of carbonyl (C=O) groups is 1. The Kier molecular flexibility index (Phi) is 3.89. The molecule has 4 heteroatoms. The summed E-state index contributed by atoms with van der Waals surface area (Å²) in [6.45, 7) is 2.39.